The summed E-state index contributed by atoms with van der Waals surface area (Å²) in [5.41, 5.74) is 0.507. The summed E-state index contributed by atoms with van der Waals surface area (Å²) in [6, 6.07) is 1.79. The van der Waals surface area contributed by atoms with E-state index in [0.29, 0.717) is 24.8 Å². The summed E-state index contributed by atoms with van der Waals surface area (Å²) in [4.78, 5) is 26.3. The smallest absolute Gasteiger partial charge is 0.348 e. The highest BCUT2D eigenvalue weighted by atomic mass is 127. The van der Waals surface area contributed by atoms with Crippen molar-refractivity contribution in [2.75, 3.05) is 25.2 Å². The van der Waals surface area contributed by atoms with Crippen molar-refractivity contribution >= 4 is 51.5 Å². The Hall–Kier alpha value is -0.670. The van der Waals surface area contributed by atoms with Crippen molar-refractivity contribution in [2.45, 2.75) is 32.6 Å². The van der Waals surface area contributed by atoms with E-state index in [0.717, 1.165) is 28.6 Å². The molecule has 0 radical (unpaired) electrons. The molecule has 1 fully saturated rings. The number of thiophene rings is 1. The summed E-state index contributed by atoms with van der Waals surface area (Å²) < 4.78 is 5.98. The second kappa shape index (κ2) is 8.43. The van der Waals surface area contributed by atoms with Gasteiger partial charge in [0.2, 0.25) is 5.91 Å². The van der Waals surface area contributed by atoms with Gasteiger partial charge in [0.1, 0.15) is 4.88 Å². The van der Waals surface area contributed by atoms with Gasteiger partial charge in [0.15, 0.2) is 0 Å². The molecule has 0 atom stereocenters. The van der Waals surface area contributed by atoms with Crippen molar-refractivity contribution in [3.63, 3.8) is 0 Å². The predicted molar refractivity (Wildman–Crippen MR) is 99.3 cm³/mol. The van der Waals surface area contributed by atoms with Gasteiger partial charge in [-0.15, -0.1) is 11.3 Å². The van der Waals surface area contributed by atoms with E-state index < -0.39 is 5.97 Å². The molecule has 0 bridgehead atoms. The Morgan fingerprint density at radius 3 is 2.61 bits per heavy atom. The van der Waals surface area contributed by atoms with Crippen molar-refractivity contribution in [3.8, 4) is 0 Å². The standard InChI is InChI=1S/C16H22INO4S/c1-10-3-5-11(6-4-10)15(19)18(7-8-22-2)12-9-13(17)23-14(12)16(20)21/h9-11H,3-8H2,1-2H3,(H,20,21). The minimum atomic E-state index is -0.986. The number of carboxylic acid groups (broad SMARTS) is 1. The lowest BCUT2D eigenvalue weighted by atomic mass is 9.82. The van der Waals surface area contributed by atoms with Crippen molar-refractivity contribution in [1.82, 2.24) is 0 Å². The normalized spacial score (nSPS) is 21.2. The van der Waals surface area contributed by atoms with Gasteiger partial charge in [-0.1, -0.05) is 6.92 Å². The van der Waals surface area contributed by atoms with Gasteiger partial charge in [-0.05, 0) is 60.3 Å². The maximum absolute atomic E-state index is 13.0. The van der Waals surface area contributed by atoms with Gasteiger partial charge >= 0.3 is 5.97 Å². The van der Waals surface area contributed by atoms with E-state index in [4.69, 9.17) is 4.74 Å². The number of carbonyl (C=O) groups excluding carboxylic acids is 1. The number of methoxy groups -OCH3 is 1. The first-order valence-electron chi connectivity index (χ1n) is 7.77. The number of anilines is 1. The zero-order chi connectivity index (χ0) is 17.0. The largest absolute Gasteiger partial charge is 0.477 e. The van der Waals surface area contributed by atoms with E-state index >= 15 is 0 Å². The molecular formula is C16H22INO4S. The molecule has 5 nitrogen and oxygen atoms in total. The maximum atomic E-state index is 13.0. The third kappa shape index (κ3) is 4.67. The van der Waals surface area contributed by atoms with Crippen LogP contribution in [0.3, 0.4) is 0 Å². The van der Waals surface area contributed by atoms with Crippen LogP contribution in [0.4, 0.5) is 5.69 Å². The van der Waals surface area contributed by atoms with Crippen LogP contribution in [0.1, 0.15) is 42.3 Å². The van der Waals surface area contributed by atoms with E-state index in [-0.39, 0.29) is 16.7 Å². The number of halogens is 1. The molecule has 0 unspecified atom stereocenters. The molecule has 1 aliphatic rings. The number of nitrogens with zero attached hydrogens (tertiary/aromatic N) is 1. The fourth-order valence-corrected chi connectivity index (χ4v) is 4.65. The van der Waals surface area contributed by atoms with Gasteiger partial charge in [-0.2, -0.15) is 0 Å². The summed E-state index contributed by atoms with van der Waals surface area (Å²) in [6.45, 7) is 2.99. The number of carbonyl (C=O) groups is 2. The van der Waals surface area contributed by atoms with Crippen LogP contribution in [0.15, 0.2) is 6.07 Å². The van der Waals surface area contributed by atoms with E-state index in [1.165, 1.54) is 11.3 Å². The first-order chi connectivity index (χ1) is 10.9. The van der Waals surface area contributed by atoms with Crippen LogP contribution in [0, 0.1) is 14.7 Å². The van der Waals surface area contributed by atoms with Gasteiger partial charge in [-0.25, -0.2) is 4.79 Å². The van der Waals surface area contributed by atoms with Crippen molar-refractivity contribution in [3.05, 3.63) is 13.8 Å². The summed E-state index contributed by atoms with van der Waals surface area (Å²) in [5.74, 6) is -0.295. The average Bonchev–Trinajstić information content (AvgIpc) is 2.90. The van der Waals surface area contributed by atoms with Crippen LogP contribution < -0.4 is 4.90 Å². The molecule has 128 valence electrons. The molecule has 0 aliphatic heterocycles. The molecule has 0 aromatic carbocycles. The lowest BCUT2D eigenvalue weighted by Crippen LogP contribution is -2.40. The Bertz CT molecular complexity index is 566. The predicted octanol–water partition coefficient (Wildman–Crippen LogP) is 3.86. The van der Waals surface area contributed by atoms with Crippen LogP contribution >= 0.6 is 33.9 Å². The van der Waals surface area contributed by atoms with Crippen LogP contribution in [-0.4, -0.2) is 37.2 Å². The molecule has 7 heteroatoms. The highest BCUT2D eigenvalue weighted by molar-refractivity contribution is 14.1. The van der Waals surface area contributed by atoms with Crippen molar-refractivity contribution in [2.24, 2.45) is 11.8 Å². The molecule has 1 heterocycles. The Kier molecular flexibility index (Phi) is 6.84. The van der Waals surface area contributed by atoms with Crippen molar-refractivity contribution < 1.29 is 19.4 Å². The number of ether oxygens (including phenoxy) is 1. The van der Waals surface area contributed by atoms with Gasteiger partial charge < -0.3 is 14.7 Å². The number of carboxylic acids is 1. The quantitative estimate of drug-likeness (QED) is 0.668. The van der Waals surface area contributed by atoms with Gasteiger partial charge in [0.25, 0.3) is 0 Å². The Morgan fingerprint density at radius 2 is 2.04 bits per heavy atom. The first kappa shape index (κ1) is 18.7. The van der Waals surface area contributed by atoms with Crippen LogP contribution in [0.5, 0.6) is 0 Å². The molecule has 23 heavy (non-hydrogen) atoms. The lowest BCUT2D eigenvalue weighted by Gasteiger charge is -2.31. The first-order valence-corrected chi connectivity index (χ1v) is 9.66. The third-order valence-corrected chi connectivity index (χ3v) is 6.19. The average molecular weight is 451 g/mol. The second-order valence-electron chi connectivity index (χ2n) is 6.01. The zero-order valence-electron chi connectivity index (χ0n) is 13.4. The SMILES string of the molecule is COCCN(C(=O)C1CCC(C)CC1)c1cc(I)sc1C(=O)O. The minimum absolute atomic E-state index is 0.0118. The molecule has 0 spiro atoms. The summed E-state index contributed by atoms with van der Waals surface area (Å²) in [7, 11) is 1.58. The number of hydrogen-bond acceptors (Lipinski definition) is 4. The van der Waals surface area contributed by atoms with Crippen LogP contribution in [-0.2, 0) is 9.53 Å². The number of rotatable bonds is 6. The maximum Gasteiger partial charge on any atom is 0.348 e. The monoisotopic (exact) mass is 451 g/mol. The van der Waals surface area contributed by atoms with Gasteiger partial charge in [0, 0.05) is 19.6 Å². The summed E-state index contributed by atoms with van der Waals surface area (Å²) in [6.07, 6.45) is 3.88. The van der Waals surface area contributed by atoms with Crippen LogP contribution in [0.2, 0.25) is 0 Å². The van der Waals surface area contributed by atoms with E-state index in [2.05, 4.69) is 29.5 Å². The fraction of sp³-hybridized carbons (Fsp3) is 0.625. The molecule has 0 saturated heterocycles. The molecule has 1 amide bonds. The second-order valence-corrected chi connectivity index (χ2v) is 8.96. The van der Waals surface area contributed by atoms with E-state index in [1.54, 1.807) is 18.1 Å². The molecule has 1 saturated carbocycles. The molecule has 1 aromatic rings. The summed E-state index contributed by atoms with van der Waals surface area (Å²) in [5, 5.41) is 9.42. The molecule has 1 N–H and O–H groups in total. The third-order valence-electron chi connectivity index (χ3n) is 4.32. The van der Waals surface area contributed by atoms with E-state index in [1.807, 2.05) is 0 Å². The molecule has 1 aromatic heterocycles. The van der Waals surface area contributed by atoms with Gasteiger partial charge in [-0.3, -0.25) is 4.79 Å². The highest BCUT2D eigenvalue weighted by Crippen LogP contribution is 2.35. The molecule has 1 aliphatic carbocycles. The summed E-state index contributed by atoms with van der Waals surface area (Å²) >= 11 is 3.30. The fourth-order valence-electron chi connectivity index (χ4n) is 2.97. The Morgan fingerprint density at radius 1 is 1.39 bits per heavy atom. The number of amides is 1. The number of aromatic carboxylic acids is 1. The van der Waals surface area contributed by atoms with E-state index in [9.17, 15) is 14.7 Å². The topological polar surface area (TPSA) is 66.8 Å². The molecule has 2 rings (SSSR count). The van der Waals surface area contributed by atoms with Crippen molar-refractivity contribution in [1.29, 1.82) is 0 Å². The number of hydrogen-bond donors (Lipinski definition) is 1. The lowest BCUT2D eigenvalue weighted by molar-refractivity contribution is -0.123. The minimum Gasteiger partial charge on any atom is -0.477 e. The highest BCUT2D eigenvalue weighted by Gasteiger charge is 2.31. The Balaban J connectivity index is 2.26. The molecular weight excluding hydrogens is 429 g/mol. The Labute approximate surface area is 154 Å². The van der Waals surface area contributed by atoms with Gasteiger partial charge in [0.05, 0.1) is 15.2 Å². The van der Waals surface area contributed by atoms with Crippen LogP contribution in [0.25, 0.3) is 0 Å². The zero-order valence-corrected chi connectivity index (χ0v) is 16.4.